The van der Waals surface area contributed by atoms with Crippen LogP contribution >= 0.6 is 11.8 Å². The Bertz CT molecular complexity index is 1930. The van der Waals surface area contributed by atoms with Gasteiger partial charge < -0.3 is 19.9 Å². The van der Waals surface area contributed by atoms with Gasteiger partial charge >= 0.3 is 0 Å². The molecule has 1 unspecified atom stereocenters. The number of methoxy groups -OCH3 is 1. The van der Waals surface area contributed by atoms with Crippen LogP contribution in [0.4, 0.5) is 17.1 Å². The quantitative estimate of drug-likeness (QED) is 0.0719. The topological polar surface area (TPSA) is 134 Å². The van der Waals surface area contributed by atoms with Crippen LogP contribution in [0.5, 0.6) is 0 Å². The molecule has 0 bridgehead atoms. The van der Waals surface area contributed by atoms with E-state index in [9.17, 15) is 23.3 Å². The first-order valence-electron chi connectivity index (χ1n) is 17.3. The lowest BCUT2D eigenvalue weighted by Crippen LogP contribution is -2.47. The van der Waals surface area contributed by atoms with E-state index >= 15 is 0 Å². The van der Waals surface area contributed by atoms with Crippen LogP contribution < -0.4 is 14.9 Å². The Hall–Kier alpha value is -4.43. The van der Waals surface area contributed by atoms with Crippen molar-refractivity contribution in [2.45, 2.75) is 54.0 Å². The van der Waals surface area contributed by atoms with E-state index in [1.165, 1.54) is 23.3 Å². The first kappa shape index (κ1) is 38.8. The molecule has 2 N–H and O–H groups in total. The van der Waals surface area contributed by atoms with E-state index < -0.39 is 26.5 Å². The Morgan fingerprint density at radius 1 is 1.00 bits per heavy atom. The molecular weight excluding hydrogens is 699 g/mol. The number of thioether (sulfide) groups is 1. The fraction of sp³-hybridized carbons (Fsp3) is 0.359. The predicted octanol–water partition coefficient (Wildman–Crippen LogP) is 6.77. The van der Waals surface area contributed by atoms with Gasteiger partial charge in [0.25, 0.3) is 21.6 Å². The molecule has 1 amide bonds. The van der Waals surface area contributed by atoms with Crippen molar-refractivity contribution in [2.75, 3.05) is 56.8 Å². The average molecular weight is 746 g/mol. The van der Waals surface area contributed by atoms with E-state index in [1.54, 1.807) is 43.1 Å². The van der Waals surface area contributed by atoms with Crippen molar-refractivity contribution in [3.05, 3.63) is 124 Å². The summed E-state index contributed by atoms with van der Waals surface area (Å²) in [4.78, 5) is 29.6. The summed E-state index contributed by atoms with van der Waals surface area (Å²) in [6.07, 6.45) is 3.22. The molecule has 0 aliphatic carbocycles. The van der Waals surface area contributed by atoms with Gasteiger partial charge in [-0.1, -0.05) is 42.5 Å². The van der Waals surface area contributed by atoms with Gasteiger partial charge in [-0.25, -0.2) is 13.1 Å². The van der Waals surface area contributed by atoms with Crippen LogP contribution in [0.25, 0.3) is 0 Å². The van der Waals surface area contributed by atoms with Crippen molar-refractivity contribution >= 4 is 44.8 Å². The second-order valence-electron chi connectivity index (χ2n) is 13.5. The molecule has 1 fully saturated rings. The van der Waals surface area contributed by atoms with Crippen LogP contribution in [0, 0.1) is 17.0 Å². The van der Waals surface area contributed by atoms with Gasteiger partial charge in [-0.15, -0.1) is 11.8 Å². The van der Waals surface area contributed by atoms with Crippen LogP contribution in [0.3, 0.4) is 0 Å². The second kappa shape index (κ2) is 17.4. The van der Waals surface area contributed by atoms with Gasteiger partial charge in [0, 0.05) is 60.6 Å². The zero-order valence-electron chi connectivity index (χ0n) is 30.1. The third kappa shape index (κ3) is 10.1. The maximum Gasteiger partial charge on any atom is 0.293 e. The Balaban J connectivity index is 1.23. The lowest BCUT2D eigenvalue weighted by atomic mass is 9.83. The number of benzene rings is 4. The summed E-state index contributed by atoms with van der Waals surface area (Å²) >= 11 is 1.63. The number of nitrogens with one attached hydrogen (secondary N) is 2. The molecule has 1 atom stereocenters. The highest BCUT2D eigenvalue weighted by molar-refractivity contribution is 7.99. The molecule has 11 nitrogen and oxygen atoms in total. The third-order valence-electron chi connectivity index (χ3n) is 9.56. The number of amides is 1. The van der Waals surface area contributed by atoms with Gasteiger partial charge in [0.1, 0.15) is 5.69 Å². The van der Waals surface area contributed by atoms with Gasteiger partial charge in [-0.3, -0.25) is 14.9 Å². The van der Waals surface area contributed by atoms with E-state index in [2.05, 4.69) is 40.1 Å². The number of ether oxygens (including phenoxy) is 1. The van der Waals surface area contributed by atoms with Crippen LogP contribution in [-0.2, 0) is 21.2 Å². The van der Waals surface area contributed by atoms with E-state index in [4.69, 9.17) is 4.74 Å². The number of hydrogen-bond acceptors (Lipinski definition) is 10. The molecule has 276 valence electrons. The smallest absolute Gasteiger partial charge is 0.293 e. The monoisotopic (exact) mass is 745 g/mol. The first-order chi connectivity index (χ1) is 24.9. The highest BCUT2D eigenvalue weighted by Gasteiger charge is 2.35. The standard InChI is InChI=1S/C39H47N5O6S2/c1-29-10-8-9-11-31(29)27-39(50-4)21-24-43(25-22-39)33-16-14-30(15-17-33)38(45)41-52(48,49)35-18-19-36(37(26-35)44(46)47)40-32(20-23-42(2)3)28-51-34-12-6-5-7-13-34/h5-19,26,32,40H,20-25,27-28H2,1-4H3,(H,41,45). The number of anilines is 2. The molecule has 13 heteroatoms. The van der Waals surface area contributed by atoms with Crippen molar-refractivity contribution in [2.24, 2.45) is 0 Å². The summed E-state index contributed by atoms with van der Waals surface area (Å²) in [5, 5.41) is 15.4. The molecule has 1 aliphatic rings. The van der Waals surface area contributed by atoms with Crippen LogP contribution in [0.1, 0.15) is 40.7 Å². The summed E-state index contributed by atoms with van der Waals surface area (Å²) in [6, 6.07) is 28.5. The normalized spacial score (nSPS) is 14.9. The number of hydrogen-bond donors (Lipinski definition) is 2. The molecule has 4 aromatic rings. The Morgan fingerprint density at radius 3 is 2.31 bits per heavy atom. The van der Waals surface area contributed by atoms with Gasteiger partial charge in [-0.05, 0) is 106 Å². The molecule has 1 saturated heterocycles. The highest BCUT2D eigenvalue weighted by Crippen LogP contribution is 2.33. The third-order valence-corrected chi connectivity index (χ3v) is 12.1. The molecule has 52 heavy (non-hydrogen) atoms. The summed E-state index contributed by atoms with van der Waals surface area (Å²) < 4.78 is 34.8. The minimum atomic E-state index is -4.42. The Kier molecular flexibility index (Phi) is 13.0. The van der Waals surface area contributed by atoms with E-state index in [1.807, 2.05) is 55.4 Å². The summed E-state index contributed by atoms with van der Waals surface area (Å²) in [6.45, 7) is 4.41. The average Bonchev–Trinajstić information content (AvgIpc) is 3.14. The number of carbonyl (C=O) groups excluding carboxylic acids is 1. The SMILES string of the molecule is COC1(Cc2ccccc2C)CCN(c2ccc(C(=O)NS(=O)(=O)c3ccc(NC(CCN(C)C)CSc4ccccc4)c([N+](=O)[O-])c3)cc2)CC1. The fourth-order valence-corrected chi connectivity index (χ4v) is 8.33. The van der Waals surface area contributed by atoms with Gasteiger partial charge in [0.2, 0.25) is 0 Å². The molecule has 4 aromatic carbocycles. The number of carbonyl (C=O) groups is 1. The van der Waals surface area contributed by atoms with Gasteiger partial charge in [0.05, 0.1) is 15.4 Å². The van der Waals surface area contributed by atoms with Crippen LogP contribution in [0.2, 0.25) is 0 Å². The lowest BCUT2D eigenvalue weighted by molar-refractivity contribution is -0.384. The summed E-state index contributed by atoms with van der Waals surface area (Å²) in [5.74, 6) is -0.183. The van der Waals surface area contributed by atoms with Gasteiger partial charge in [-0.2, -0.15) is 0 Å². The van der Waals surface area contributed by atoms with Crippen molar-refractivity contribution < 1.29 is 22.9 Å². The zero-order chi connectivity index (χ0) is 37.3. The minimum Gasteiger partial charge on any atom is -0.378 e. The van der Waals surface area contributed by atoms with Crippen LogP contribution in [-0.4, -0.2) is 82.4 Å². The number of nitrogens with zero attached hydrogens (tertiary/aromatic N) is 3. The fourth-order valence-electron chi connectivity index (χ4n) is 6.34. The number of rotatable bonds is 16. The van der Waals surface area contributed by atoms with Crippen molar-refractivity contribution in [1.29, 1.82) is 0 Å². The Labute approximate surface area is 311 Å². The molecule has 0 aromatic heterocycles. The molecule has 1 heterocycles. The highest BCUT2D eigenvalue weighted by atomic mass is 32.2. The number of nitro benzene ring substituents is 1. The molecule has 1 aliphatic heterocycles. The first-order valence-corrected chi connectivity index (χ1v) is 19.7. The number of sulfonamides is 1. The molecule has 0 saturated carbocycles. The number of aryl methyl sites for hydroxylation is 1. The van der Waals surface area contributed by atoms with Crippen molar-refractivity contribution in [3.63, 3.8) is 0 Å². The lowest BCUT2D eigenvalue weighted by Gasteiger charge is -2.42. The molecule has 0 radical (unpaired) electrons. The molecular formula is C39H47N5O6S2. The minimum absolute atomic E-state index is 0.137. The van der Waals surface area contributed by atoms with Crippen molar-refractivity contribution in [3.8, 4) is 0 Å². The maximum atomic E-state index is 13.3. The van der Waals surface area contributed by atoms with E-state index in [0.29, 0.717) is 12.2 Å². The van der Waals surface area contributed by atoms with Crippen LogP contribution in [0.15, 0.2) is 107 Å². The maximum absolute atomic E-state index is 13.3. The second-order valence-corrected chi connectivity index (χ2v) is 16.2. The molecule has 0 spiro atoms. The number of nitro groups is 1. The van der Waals surface area contributed by atoms with Crippen molar-refractivity contribution in [1.82, 2.24) is 9.62 Å². The Morgan fingerprint density at radius 2 is 1.67 bits per heavy atom. The summed E-state index contributed by atoms with van der Waals surface area (Å²) in [7, 11) is 1.27. The van der Waals surface area contributed by atoms with E-state index in [-0.39, 0.29) is 27.8 Å². The van der Waals surface area contributed by atoms with E-state index in [0.717, 1.165) is 55.5 Å². The molecule has 5 rings (SSSR count). The zero-order valence-corrected chi connectivity index (χ0v) is 31.7. The van der Waals surface area contributed by atoms with Gasteiger partial charge in [0.15, 0.2) is 0 Å². The summed E-state index contributed by atoms with van der Waals surface area (Å²) in [5.41, 5.74) is 3.17. The predicted molar refractivity (Wildman–Crippen MR) is 208 cm³/mol. The largest absolute Gasteiger partial charge is 0.378 e. The number of piperidine rings is 1.